The molecular formula is C22H38N10O6. The van der Waals surface area contributed by atoms with Gasteiger partial charge in [0.15, 0.2) is 5.96 Å². The zero-order valence-corrected chi connectivity index (χ0v) is 21.5. The van der Waals surface area contributed by atoms with Crippen molar-refractivity contribution >= 4 is 35.6 Å². The van der Waals surface area contributed by atoms with Crippen molar-refractivity contribution in [3.05, 3.63) is 18.2 Å². The lowest BCUT2D eigenvalue weighted by molar-refractivity contribution is -0.142. The Morgan fingerprint density at radius 3 is 2.16 bits per heavy atom. The van der Waals surface area contributed by atoms with Gasteiger partial charge in [0.05, 0.1) is 18.8 Å². The number of aromatic nitrogens is 2. The summed E-state index contributed by atoms with van der Waals surface area (Å²) in [4.78, 5) is 72.4. The second kappa shape index (κ2) is 15.8. The van der Waals surface area contributed by atoms with E-state index in [1.807, 2.05) is 6.92 Å². The van der Waals surface area contributed by atoms with E-state index >= 15 is 0 Å². The second-order valence-electron chi connectivity index (χ2n) is 8.83. The molecule has 0 spiro atoms. The van der Waals surface area contributed by atoms with Gasteiger partial charge in [-0.15, -0.1) is 0 Å². The van der Waals surface area contributed by atoms with Crippen molar-refractivity contribution in [3.8, 4) is 0 Å². The minimum absolute atomic E-state index is 0.00830. The van der Waals surface area contributed by atoms with E-state index in [4.69, 9.17) is 22.9 Å². The molecule has 16 nitrogen and oxygen atoms in total. The van der Waals surface area contributed by atoms with E-state index in [9.17, 15) is 29.1 Å². The monoisotopic (exact) mass is 538 g/mol. The summed E-state index contributed by atoms with van der Waals surface area (Å²) in [5.41, 5.74) is 22.3. The first-order chi connectivity index (χ1) is 17.8. The number of nitrogens with zero attached hydrogens (tertiary/aromatic N) is 2. The van der Waals surface area contributed by atoms with Crippen molar-refractivity contribution in [1.29, 1.82) is 0 Å². The molecule has 0 aliphatic rings. The third kappa shape index (κ3) is 11.2. The molecule has 0 bridgehead atoms. The molecule has 1 rings (SSSR count). The highest BCUT2D eigenvalue weighted by Crippen LogP contribution is 2.08. The molecule has 0 saturated carbocycles. The van der Waals surface area contributed by atoms with Crippen molar-refractivity contribution < 1.29 is 29.1 Å². The maximum absolute atomic E-state index is 13.1. The molecule has 5 atom stereocenters. The number of nitrogens with two attached hydrogens (primary N) is 4. The van der Waals surface area contributed by atoms with Gasteiger partial charge in [-0.1, -0.05) is 20.3 Å². The van der Waals surface area contributed by atoms with E-state index in [2.05, 4.69) is 30.9 Å². The van der Waals surface area contributed by atoms with E-state index < -0.39 is 60.2 Å². The van der Waals surface area contributed by atoms with Crippen molar-refractivity contribution in [2.75, 3.05) is 6.54 Å². The molecule has 5 unspecified atom stereocenters. The third-order valence-corrected chi connectivity index (χ3v) is 5.77. The number of H-pyrrole nitrogens is 1. The minimum atomic E-state index is -1.41. The standard InChI is InChI=1S/C22H38N10O6/c1-3-11(2)17(24)20(36)31-14(8-16(23)33)19(35)30-13(5-4-6-28-22(25)26)18(34)32-15(21(37)38)7-12-9-27-10-29-12/h9-11,13-15,17H,3-8,24H2,1-2H3,(H2,23,33)(H,27,29)(H,30,35)(H,31,36)(H,32,34)(H,37,38)(H4,25,26,28). The highest BCUT2D eigenvalue weighted by molar-refractivity contribution is 5.96. The molecule has 0 aliphatic carbocycles. The molecule has 1 aromatic rings. The first-order valence-corrected chi connectivity index (χ1v) is 12.1. The number of imidazole rings is 1. The molecule has 16 heteroatoms. The Labute approximate surface area is 219 Å². The SMILES string of the molecule is CCC(C)C(N)C(=O)NC(CC(N)=O)C(=O)NC(CCCN=C(N)N)C(=O)NC(Cc1cnc[nH]1)C(=O)O. The number of rotatable bonds is 17. The summed E-state index contributed by atoms with van der Waals surface area (Å²) in [6, 6.07) is -4.95. The minimum Gasteiger partial charge on any atom is -0.480 e. The number of aliphatic carboxylic acids is 1. The molecule has 0 aromatic carbocycles. The Morgan fingerprint density at radius 2 is 1.63 bits per heavy atom. The first kappa shape index (κ1) is 31.8. The molecule has 0 fully saturated rings. The van der Waals surface area contributed by atoms with Crippen molar-refractivity contribution in [3.63, 3.8) is 0 Å². The number of aliphatic imine (C=N–C) groups is 1. The van der Waals surface area contributed by atoms with Gasteiger partial charge in [-0.25, -0.2) is 9.78 Å². The van der Waals surface area contributed by atoms with Crippen LogP contribution in [0.15, 0.2) is 17.5 Å². The average Bonchev–Trinajstić information content (AvgIpc) is 3.36. The maximum atomic E-state index is 13.1. The summed E-state index contributed by atoms with van der Waals surface area (Å²) in [7, 11) is 0. The predicted octanol–water partition coefficient (Wildman–Crippen LogP) is -3.21. The molecule has 13 N–H and O–H groups in total. The highest BCUT2D eigenvalue weighted by atomic mass is 16.4. The van der Waals surface area contributed by atoms with E-state index in [0.29, 0.717) is 12.1 Å². The Bertz CT molecular complexity index is 979. The highest BCUT2D eigenvalue weighted by Gasteiger charge is 2.31. The van der Waals surface area contributed by atoms with Crippen LogP contribution < -0.4 is 38.9 Å². The zero-order chi connectivity index (χ0) is 28.8. The second-order valence-corrected chi connectivity index (χ2v) is 8.83. The van der Waals surface area contributed by atoms with Gasteiger partial charge in [0.1, 0.15) is 18.1 Å². The maximum Gasteiger partial charge on any atom is 0.326 e. The van der Waals surface area contributed by atoms with Crippen molar-refractivity contribution in [1.82, 2.24) is 25.9 Å². The van der Waals surface area contributed by atoms with E-state index in [0.717, 1.165) is 0 Å². The van der Waals surface area contributed by atoms with Crippen LogP contribution in [0.4, 0.5) is 0 Å². The van der Waals surface area contributed by atoms with Crippen LogP contribution in [0.3, 0.4) is 0 Å². The van der Waals surface area contributed by atoms with Crippen LogP contribution in [0.5, 0.6) is 0 Å². The van der Waals surface area contributed by atoms with E-state index in [-0.39, 0.29) is 37.7 Å². The quantitative estimate of drug-likeness (QED) is 0.0543. The Balaban J connectivity index is 3.07. The zero-order valence-electron chi connectivity index (χ0n) is 21.5. The lowest BCUT2D eigenvalue weighted by atomic mass is 9.99. The summed E-state index contributed by atoms with van der Waals surface area (Å²) in [5.74, 6) is -4.91. The number of carboxylic acids is 1. The molecule has 1 aromatic heterocycles. The van der Waals surface area contributed by atoms with Gasteiger partial charge in [0.2, 0.25) is 23.6 Å². The number of amides is 4. The normalized spacial score (nSPS) is 14.7. The van der Waals surface area contributed by atoms with E-state index in [1.54, 1.807) is 6.92 Å². The third-order valence-electron chi connectivity index (χ3n) is 5.77. The number of hydrogen-bond donors (Lipinski definition) is 9. The van der Waals surface area contributed by atoms with Gasteiger partial charge in [-0.05, 0) is 18.8 Å². The molecule has 212 valence electrons. The van der Waals surface area contributed by atoms with Crippen LogP contribution in [-0.2, 0) is 30.4 Å². The lowest BCUT2D eigenvalue weighted by Gasteiger charge is -2.25. The van der Waals surface area contributed by atoms with Gasteiger partial charge in [0.25, 0.3) is 0 Å². The van der Waals surface area contributed by atoms with Gasteiger partial charge in [-0.3, -0.25) is 24.2 Å². The Hall–Kier alpha value is -4.21. The number of carbonyl (C=O) groups excluding carboxylic acids is 4. The summed E-state index contributed by atoms with van der Waals surface area (Å²) in [6.07, 6.45) is 2.98. The first-order valence-electron chi connectivity index (χ1n) is 12.1. The number of carboxylic acid groups (broad SMARTS) is 1. The molecule has 0 radical (unpaired) electrons. The Morgan fingerprint density at radius 1 is 1.03 bits per heavy atom. The Kier molecular flexibility index (Phi) is 13.2. The summed E-state index contributed by atoms with van der Waals surface area (Å²) >= 11 is 0. The van der Waals surface area contributed by atoms with Crippen LogP contribution >= 0.6 is 0 Å². The lowest BCUT2D eigenvalue weighted by Crippen LogP contribution is -2.58. The predicted molar refractivity (Wildman–Crippen MR) is 137 cm³/mol. The van der Waals surface area contributed by atoms with Crippen LogP contribution in [-0.4, -0.2) is 81.3 Å². The van der Waals surface area contributed by atoms with Gasteiger partial charge in [-0.2, -0.15) is 0 Å². The fourth-order valence-corrected chi connectivity index (χ4v) is 3.32. The molecule has 1 heterocycles. The molecule has 38 heavy (non-hydrogen) atoms. The number of guanidine groups is 1. The smallest absolute Gasteiger partial charge is 0.326 e. The number of hydrogen-bond acceptors (Lipinski definition) is 8. The summed E-state index contributed by atoms with van der Waals surface area (Å²) in [5, 5.41) is 16.8. The average molecular weight is 539 g/mol. The molecular weight excluding hydrogens is 500 g/mol. The molecule has 0 aliphatic heterocycles. The van der Waals surface area contributed by atoms with Gasteiger partial charge >= 0.3 is 5.97 Å². The van der Waals surface area contributed by atoms with E-state index in [1.165, 1.54) is 12.5 Å². The topological polar surface area (TPSA) is 287 Å². The summed E-state index contributed by atoms with van der Waals surface area (Å²) < 4.78 is 0. The summed E-state index contributed by atoms with van der Waals surface area (Å²) in [6.45, 7) is 3.73. The fraction of sp³-hybridized carbons (Fsp3) is 0.591. The molecule has 0 saturated heterocycles. The number of carbonyl (C=O) groups is 5. The van der Waals surface area contributed by atoms with Gasteiger partial charge in [0, 0.05) is 24.9 Å². The van der Waals surface area contributed by atoms with Crippen LogP contribution in [0, 0.1) is 5.92 Å². The van der Waals surface area contributed by atoms with Crippen molar-refractivity contribution in [2.24, 2.45) is 33.8 Å². The van der Waals surface area contributed by atoms with Gasteiger partial charge < -0.3 is 49.0 Å². The number of aromatic amines is 1. The van der Waals surface area contributed by atoms with Crippen molar-refractivity contribution in [2.45, 2.75) is 70.1 Å². The van der Waals surface area contributed by atoms with Crippen LogP contribution in [0.25, 0.3) is 0 Å². The van der Waals surface area contributed by atoms with Crippen LogP contribution in [0.2, 0.25) is 0 Å². The number of nitrogens with one attached hydrogen (secondary N) is 4. The van der Waals surface area contributed by atoms with Crippen LogP contribution in [0.1, 0.15) is 45.2 Å². The largest absolute Gasteiger partial charge is 0.480 e. The molecule has 4 amide bonds. The number of primary amides is 1. The fourth-order valence-electron chi connectivity index (χ4n) is 3.32.